The first-order valence-corrected chi connectivity index (χ1v) is 7.52. The van der Waals surface area contributed by atoms with Crippen LogP contribution in [0, 0.1) is 17.3 Å². The molecule has 2 amide bonds. The standard InChI is InChI=1S/C17H30N2O2/c1-7-9-17(10-8-2,15(18)20)16(21)19(11-13(3)4)12-14(5)6/h7-8,13-14H,1-2,9-12H2,3-6H3,(H2,18,20). The fourth-order valence-electron chi connectivity index (χ4n) is 2.48. The highest BCUT2D eigenvalue weighted by molar-refractivity contribution is 6.04. The van der Waals surface area contributed by atoms with Crippen LogP contribution in [-0.2, 0) is 9.59 Å². The van der Waals surface area contributed by atoms with Crippen molar-refractivity contribution >= 4 is 11.8 Å². The van der Waals surface area contributed by atoms with E-state index < -0.39 is 11.3 Å². The van der Waals surface area contributed by atoms with Gasteiger partial charge in [-0.15, -0.1) is 13.2 Å². The van der Waals surface area contributed by atoms with E-state index in [0.29, 0.717) is 24.9 Å². The number of nitrogens with two attached hydrogens (primary N) is 1. The summed E-state index contributed by atoms with van der Waals surface area (Å²) in [7, 11) is 0. The van der Waals surface area contributed by atoms with Gasteiger partial charge in [0.25, 0.3) is 0 Å². The van der Waals surface area contributed by atoms with Crippen molar-refractivity contribution in [2.45, 2.75) is 40.5 Å². The number of nitrogens with zero attached hydrogens (tertiary/aromatic N) is 1. The Bertz CT molecular complexity index is 366. The second-order valence-corrected chi connectivity index (χ2v) is 6.43. The second kappa shape index (κ2) is 8.65. The van der Waals surface area contributed by atoms with Crippen LogP contribution in [0.15, 0.2) is 25.3 Å². The lowest BCUT2D eigenvalue weighted by Crippen LogP contribution is -2.52. The smallest absolute Gasteiger partial charge is 0.238 e. The minimum Gasteiger partial charge on any atom is -0.369 e. The van der Waals surface area contributed by atoms with Gasteiger partial charge in [-0.25, -0.2) is 0 Å². The van der Waals surface area contributed by atoms with Gasteiger partial charge in [0.05, 0.1) is 0 Å². The minimum absolute atomic E-state index is 0.211. The molecule has 0 saturated heterocycles. The van der Waals surface area contributed by atoms with Gasteiger partial charge in [0.1, 0.15) is 5.41 Å². The molecule has 0 aliphatic rings. The first kappa shape index (κ1) is 19.4. The number of amides is 2. The molecule has 4 heteroatoms. The van der Waals surface area contributed by atoms with Gasteiger partial charge in [-0.3, -0.25) is 9.59 Å². The van der Waals surface area contributed by atoms with E-state index in [-0.39, 0.29) is 18.7 Å². The molecule has 0 atom stereocenters. The zero-order chi connectivity index (χ0) is 16.6. The lowest BCUT2D eigenvalue weighted by atomic mass is 9.78. The largest absolute Gasteiger partial charge is 0.369 e. The molecular weight excluding hydrogens is 264 g/mol. The van der Waals surface area contributed by atoms with Crippen molar-refractivity contribution in [2.24, 2.45) is 23.0 Å². The summed E-state index contributed by atoms with van der Waals surface area (Å²) >= 11 is 0. The zero-order valence-corrected chi connectivity index (χ0v) is 13.9. The Hall–Kier alpha value is -1.58. The van der Waals surface area contributed by atoms with Crippen LogP contribution >= 0.6 is 0 Å². The quantitative estimate of drug-likeness (QED) is 0.497. The van der Waals surface area contributed by atoms with Gasteiger partial charge in [-0.1, -0.05) is 39.8 Å². The van der Waals surface area contributed by atoms with E-state index in [1.165, 1.54) is 0 Å². The minimum atomic E-state index is -1.26. The molecule has 0 radical (unpaired) electrons. The third-order valence-electron chi connectivity index (χ3n) is 3.32. The summed E-state index contributed by atoms with van der Waals surface area (Å²) in [5, 5.41) is 0. The van der Waals surface area contributed by atoms with Crippen molar-refractivity contribution in [3.8, 4) is 0 Å². The summed E-state index contributed by atoms with van der Waals surface area (Å²) in [6.07, 6.45) is 3.63. The molecule has 0 aliphatic heterocycles. The molecule has 2 N–H and O–H groups in total. The molecule has 0 aromatic carbocycles. The van der Waals surface area contributed by atoms with Gasteiger partial charge in [-0.05, 0) is 24.7 Å². The normalized spacial score (nSPS) is 11.5. The van der Waals surface area contributed by atoms with Gasteiger partial charge in [0.15, 0.2) is 0 Å². The molecule has 0 bridgehead atoms. The summed E-state index contributed by atoms with van der Waals surface area (Å²) in [4.78, 5) is 26.7. The Morgan fingerprint density at radius 2 is 1.43 bits per heavy atom. The Morgan fingerprint density at radius 1 is 1.05 bits per heavy atom. The van der Waals surface area contributed by atoms with Gasteiger partial charge in [0, 0.05) is 13.1 Å². The van der Waals surface area contributed by atoms with Crippen molar-refractivity contribution < 1.29 is 9.59 Å². The van der Waals surface area contributed by atoms with Crippen LogP contribution in [-0.4, -0.2) is 29.8 Å². The van der Waals surface area contributed by atoms with E-state index in [2.05, 4.69) is 13.2 Å². The van der Waals surface area contributed by atoms with Crippen LogP contribution in [0.1, 0.15) is 40.5 Å². The average molecular weight is 294 g/mol. The Labute approximate surface area is 129 Å². The van der Waals surface area contributed by atoms with Crippen LogP contribution in [0.3, 0.4) is 0 Å². The molecule has 0 spiro atoms. The van der Waals surface area contributed by atoms with E-state index in [9.17, 15) is 9.59 Å². The number of hydrogen-bond donors (Lipinski definition) is 1. The topological polar surface area (TPSA) is 63.4 Å². The van der Waals surface area contributed by atoms with E-state index >= 15 is 0 Å². The molecular formula is C17H30N2O2. The monoisotopic (exact) mass is 294 g/mol. The van der Waals surface area contributed by atoms with Crippen molar-refractivity contribution in [3.63, 3.8) is 0 Å². The summed E-state index contributed by atoms with van der Waals surface area (Å²) in [6.45, 7) is 16.7. The van der Waals surface area contributed by atoms with E-state index in [1.54, 1.807) is 17.1 Å². The van der Waals surface area contributed by atoms with E-state index in [1.807, 2.05) is 27.7 Å². The third-order valence-corrected chi connectivity index (χ3v) is 3.32. The van der Waals surface area contributed by atoms with Gasteiger partial charge in [0.2, 0.25) is 11.8 Å². The van der Waals surface area contributed by atoms with Crippen molar-refractivity contribution in [3.05, 3.63) is 25.3 Å². The molecule has 0 saturated carbocycles. The van der Waals surface area contributed by atoms with Crippen LogP contribution in [0.4, 0.5) is 0 Å². The Balaban J connectivity index is 5.59. The highest BCUT2D eigenvalue weighted by atomic mass is 16.2. The molecule has 0 aromatic rings. The number of allylic oxidation sites excluding steroid dienone is 2. The number of carbonyl (C=O) groups is 2. The fraction of sp³-hybridized carbons (Fsp3) is 0.647. The molecule has 0 aliphatic carbocycles. The first-order valence-electron chi connectivity index (χ1n) is 7.52. The maximum absolute atomic E-state index is 13.0. The number of hydrogen-bond acceptors (Lipinski definition) is 2. The van der Waals surface area contributed by atoms with Crippen molar-refractivity contribution in [2.75, 3.05) is 13.1 Å². The molecule has 4 nitrogen and oxygen atoms in total. The average Bonchev–Trinajstić information content (AvgIpc) is 2.35. The van der Waals surface area contributed by atoms with Crippen molar-refractivity contribution in [1.29, 1.82) is 0 Å². The van der Waals surface area contributed by atoms with Gasteiger partial charge >= 0.3 is 0 Å². The molecule has 120 valence electrons. The second-order valence-electron chi connectivity index (χ2n) is 6.43. The maximum atomic E-state index is 13.0. The summed E-state index contributed by atoms with van der Waals surface area (Å²) in [5.74, 6) is -0.168. The van der Waals surface area contributed by atoms with Gasteiger partial charge < -0.3 is 10.6 Å². The summed E-state index contributed by atoms with van der Waals surface area (Å²) in [6, 6.07) is 0. The van der Waals surface area contributed by atoms with Crippen LogP contribution in [0.2, 0.25) is 0 Å². The molecule has 0 unspecified atom stereocenters. The summed E-state index contributed by atoms with van der Waals surface area (Å²) in [5.41, 5.74) is 4.31. The molecule has 0 rings (SSSR count). The highest BCUT2D eigenvalue weighted by Gasteiger charge is 2.44. The van der Waals surface area contributed by atoms with Crippen LogP contribution < -0.4 is 5.73 Å². The Kier molecular flexibility index (Phi) is 8.00. The fourth-order valence-corrected chi connectivity index (χ4v) is 2.48. The maximum Gasteiger partial charge on any atom is 0.238 e. The summed E-state index contributed by atoms with van der Waals surface area (Å²) < 4.78 is 0. The molecule has 21 heavy (non-hydrogen) atoms. The number of rotatable bonds is 10. The van der Waals surface area contributed by atoms with Crippen molar-refractivity contribution in [1.82, 2.24) is 4.90 Å². The van der Waals surface area contributed by atoms with Crippen LogP contribution in [0.25, 0.3) is 0 Å². The highest BCUT2D eigenvalue weighted by Crippen LogP contribution is 2.31. The molecule has 0 aromatic heterocycles. The Morgan fingerprint density at radius 3 is 1.67 bits per heavy atom. The predicted molar refractivity (Wildman–Crippen MR) is 87.5 cm³/mol. The molecule has 0 fully saturated rings. The number of primary amides is 1. The first-order chi connectivity index (χ1) is 9.71. The predicted octanol–water partition coefficient (Wildman–Crippen LogP) is 2.75. The third kappa shape index (κ3) is 5.37. The number of carbonyl (C=O) groups excluding carboxylic acids is 2. The lowest BCUT2D eigenvalue weighted by molar-refractivity contribution is -0.150. The van der Waals surface area contributed by atoms with E-state index in [0.717, 1.165) is 0 Å². The zero-order valence-electron chi connectivity index (χ0n) is 13.9. The lowest BCUT2D eigenvalue weighted by Gasteiger charge is -2.35. The SMILES string of the molecule is C=CCC(CC=C)(C(N)=O)C(=O)N(CC(C)C)CC(C)C. The van der Waals surface area contributed by atoms with Gasteiger partial charge in [-0.2, -0.15) is 0 Å². The molecule has 0 heterocycles. The van der Waals surface area contributed by atoms with E-state index in [4.69, 9.17) is 5.73 Å². The van der Waals surface area contributed by atoms with Crippen LogP contribution in [0.5, 0.6) is 0 Å².